The Hall–Kier alpha value is -2.22. The van der Waals surface area contributed by atoms with Crippen molar-refractivity contribution in [3.63, 3.8) is 0 Å². The van der Waals surface area contributed by atoms with Gasteiger partial charge in [-0.2, -0.15) is 0 Å². The lowest BCUT2D eigenvalue weighted by molar-refractivity contribution is -0.138. The van der Waals surface area contributed by atoms with E-state index in [1.54, 1.807) is 12.1 Å². The molecule has 1 heterocycles. The van der Waals surface area contributed by atoms with Gasteiger partial charge in [-0.15, -0.1) is 11.8 Å². The van der Waals surface area contributed by atoms with E-state index in [0.717, 1.165) is 12.8 Å². The molecule has 0 saturated heterocycles. The Morgan fingerprint density at radius 3 is 2.67 bits per heavy atom. The predicted octanol–water partition coefficient (Wildman–Crippen LogP) is 2.36. The molecule has 3 N–H and O–H groups in total. The van der Waals surface area contributed by atoms with Gasteiger partial charge < -0.3 is 20.1 Å². The van der Waals surface area contributed by atoms with Crippen LogP contribution in [0.15, 0.2) is 23.2 Å². The Balaban J connectivity index is 1.85. The van der Waals surface area contributed by atoms with Crippen LogP contribution >= 0.6 is 11.8 Å². The van der Waals surface area contributed by atoms with Crippen LogP contribution in [0.1, 0.15) is 31.2 Å². The highest BCUT2D eigenvalue weighted by molar-refractivity contribution is 8.14. The Bertz CT molecular complexity index is 645. The number of carboxylic acids is 2. The number of unbranched alkanes of at least 4 members (excludes halogenated alkanes) is 2. The standard InChI is InChI=1S/C16H19NO6S/c18-13-8-10(23-7-3-1-2-4-14(19)20)5-6-11(13)15-17-12(9-24-15)16(21)22/h5-6,8,12,18H,1-4,7,9H2,(H,19,20)(H,21,22). The Morgan fingerprint density at radius 1 is 1.25 bits per heavy atom. The molecule has 0 aromatic heterocycles. The summed E-state index contributed by atoms with van der Waals surface area (Å²) in [6, 6.07) is 4.06. The number of carboxylic acid groups (broad SMARTS) is 2. The van der Waals surface area contributed by atoms with E-state index >= 15 is 0 Å². The van der Waals surface area contributed by atoms with E-state index in [-0.39, 0.29) is 12.2 Å². The molecule has 130 valence electrons. The fourth-order valence-corrected chi connectivity index (χ4v) is 3.24. The van der Waals surface area contributed by atoms with Crippen LogP contribution in [0, 0.1) is 0 Å². The number of nitrogens with zero attached hydrogens (tertiary/aromatic N) is 1. The van der Waals surface area contributed by atoms with Gasteiger partial charge in [0.15, 0.2) is 6.04 Å². The molecule has 1 aliphatic heterocycles. The predicted molar refractivity (Wildman–Crippen MR) is 90.1 cm³/mol. The van der Waals surface area contributed by atoms with Gasteiger partial charge in [-0.3, -0.25) is 9.79 Å². The second kappa shape index (κ2) is 8.58. The van der Waals surface area contributed by atoms with Gasteiger partial charge in [0.1, 0.15) is 16.5 Å². The average molecular weight is 353 g/mol. The zero-order valence-electron chi connectivity index (χ0n) is 13.0. The van der Waals surface area contributed by atoms with E-state index in [1.165, 1.54) is 17.8 Å². The van der Waals surface area contributed by atoms with Crippen LogP contribution in [0.5, 0.6) is 11.5 Å². The van der Waals surface area contributed by atoms with Crippen molar-refractivity contribution < 1.29 is 29.6 Å². The quantitative estimate of drug-likeness (QED) is 0.583. The second-order valence-electron chi connectivity index (χ2n) is 5.33. The number of hydrogen-bond acceptors (Lipinski definition) is 6. The van der Waals surface area contributed by atoms with Crippen molar-refractivity contribution in [2.24, 2.45) is 4.99 Å². The minimum Gasteiger partial charge on any atom is -0.507 e. The second-order valence-corrected chi connectivity index (χ2v) is 6.34. The molecule has 1 aromatic carbocycles. The summed E-state index contributed by atoms with van der Waals surface area (Å²) in [4.78, 5) is 25.4. The van der Waals surface area contributed by atoms with Crippen molar-refractivity contribution in [1.29, 1.82) is 0 Å². The molecule has 0 radical (unpaired) electrons. The van der Waals surface area contributed by atoms with E-state index in [1.807, 2.05) is 0 Å². The smallest absolute Gasteiger partial charge is 0.329 e. The maximum atomic E-state index is 10.9. The van der Waals surface area contributed by atoms with Crippen LogP contribution in [0.4, 0.5) is 0 Å². The minimum absolute atomic E-state index is 0.00401. The van der Waals surface area contributed by atoms with E-state index in [2.05, 4.69) is 4.99 Å². The van der Waals surface area contributed by atoms with E-state index < -0.39 is 18.0 Å². The molecule has 0 fully saturated rings. The Kier molecular flexibility index (Phi) is 6.48. The third-order valence-corrected chi connectivity index (χ3v) is 4.52. The summed E-state index contributed by atoms with van der Waals surface area (Å²) < 4.78 is 5.52. The van der Waals surface area contributed by atoms with E-state index in [9.17, 15) is 14.7 Å². The molecule has 8 heteroatoms. The van der Waals surface area contributed by atoms with Gasteiger partial charge in [0, 0.05) is 23.8 Å². The number of benzene rings is 1. The number of carbonyl (C=O) groups is 2. The normalized spacial score (nSPS) is 16.7. The molecule has 24 heavy (non-hydrogen) atoms. The van der Waals surface area contributed by atoms with Gasteiger partial charge in [0.05, 0.1) is 6.61 Å². The molecule has 0 aliphatic carbocycles. The van der Waals surface area contributed by atoms with Crippen molar-refractivity contribution in [3.8, 4) is 11.5 Å². The summed E-state index contributed by atoms with van der Waals surface area (Å²) in [5.74, 6) is -0.906. The number of aliphatic imine (C=N–C) groups is 1. The molecule has 1 atom stereocenters. The molecule has 7 nitrogen and oxygen atoms in total. The average Bonchev–Trinajstić information content (AvgIpc) is 3.00. The van der Waals surface area contributed by atoms with E-state index in [4.69, 9.17) is 14.9 Å². The molecule has 1 aromatic rings. The van der Waals surface area contributed by atoms with Gasteiger partial charge in [-0.1, -0.05) is 0 Å². The fourth-order valence-electron chi connectivity index (χ4n) is 2.17. The molecular weight excluding hydrogens is 334 g/mol. The van der Waals surface area contributed by atoms with E-state index in [0.29, 0.717) is 35.1 Å². The van der Waals surface area contributed by atoms with Crippen LogP contribution in [-0.4, -0.2) is 50.7 Å². The SMILES string of the molecule is O=C(O)CCCCCOc1ccc(C2=NC(C(=O)O)CS2)c(O)c1. The van der Waals surface area contributed by atoms with Crippen molar-refractivity contribution in [2.45, 2.75) is 31.7 Å². The van der Waals surface area contributed by atoms with Crippen molar-refractivity contribution >= 4 is 28.7 Å². The molecule has 0 spiro atoms. The number of rotatable bonds is 9. The van der Waals surface area contributed by atoms with Crippen molar-refractivity contribution in [2.75, 3.05) is 12.4 Å². The fraction of sp³-hybridized carbons (Fsp3) is 0.438. The number of aromatic hydroxyl groups is 1. The lowest BCUT2D eigenvalue weighted by Gasteiger charge is -2.09. The molecule has 2 rings (SSSR count). The molecule has 1 unspecified atom stereocenters. The topological polar surface area (TPSA) is 116 Å². The van der Waals surface area contributed by atoms with Gasteiger partial charge >= 0.3 is 11.9 Å². The summed E-state index contributed by atoms with van der Waals surface area (Å²) in [6.45, 7) is 0.440. The summed E-state index contributed by atoms with van der Waals surface area (Å²) >= 11 is 1.30. The lowest BCUT2D eigenvalue weighted by Crippen LogP contribution is -2.17. The monoisotopic (exact) mass is 353 g/mol. The van der Waals surface area contributed by atoms with Gasteiger partial charge in [0.2, 0.25) is 0 Å². The maximum absolute atomic E-state index is 10.9. The number of aliphatic carboxylic acids is 2. The molecule has 0 amide bonds. The number of phenols is 1. The van der Waals surface area contributed by atoms with Crippen LogP contribution < -0.4 is 4.74 Å². The maximum Gasteiger partial charge on any atom is 0.329 e. The Labute approximate surface area is 143 Å². The summed E-state index contributed by atoms with van der Waals surface area (Å²) in [5, 5.41) is 28.1. The molecule has 0 saturated carbocycles. The zero-order valence-corrected chi connectivity index (χ0v) is 13.8. The van der Waals surface area contributed by atoms with Crippen LogP contribution in [0.2, 0.25) is 0 Å². The highest BCUT2D eigenvalue weighted by Gasteiger charge is 2.26. The third-order valence-electron chi connectivity index (χ3n) is 3.44. The third kappa shape index (κ3) is 5.16. The number of thioether (sulfide) groups is 1. The first-order chi connectivity index (χ1) is 11.5. The minimum atomic E-state index is -0.972. The number of hydrogen-bond donors (Lipinski definition) is 3. The lowest BCUT2D eigenvalue weighted by atomic mass is 10.2. The summed E-state index contributed by atoms with van der Waals surface area (Å²) in [5.41, 5.74) is 0.498. The first-order valence-electron chi connectivity index (χ1n) is 7.58. The van der Waals surface area contributed by atoms with Gasteiger partial charge in [-0.25, -0.2) is 4.79 Å². The summed E-state index contributed by atoms with van der Waals surface area (Å²) in [7, 11) is 0. The highest BCUT2D eigenvalue weighted by Crippen LogP contribution is 2.31. The van der Waals surface area contributed by atoms with Crippen LogP contribution in [0.3, 0.4) is 0 Å². The highest BCUT2D eigenvalue weighted by atomic mass is 32.2. The molecule has 0 bridgehead atoms. The molecule has 1 aliphatic rings. The van der Waals surface area contributed by atoms with Crippen molar-refractivity contribution in [3.05, 3.63) is 23.8 Å². The van der Waals surface area contributed by atoms with Crippen LogP contribution in [-0.2, 0) is 9.59 Å². The zero-order chi connectivity index (χ0) is 17.5. The Morgan fingerprint density at radius 2 is 2.04 bits per heavy atom. The largest absolute Gasteiger partial charge is 0.507 e. The molecular formula is C16H19NO6S. The van der Waals surface area contributed by atoms with Crippen molar-refractivity contribution in [1.82, 2.24) is 0 Å². The first kappa shape index (κ1) is 18.1. The number of ether oxygens (including phenoxy) is 1. The number of phenolic OH excluding ortho intramolecular Hbond substituents is 1. The first-order valence-corrected chi connectivity index (χ1v) is 8.57. The van der Waals surface area contributed by atoms with Crippen LogP contribution in [0.25, 0.3) is 0 Å². The van der Waals surface area contributed by atoms with Gasteiger partial charge in [0.25, 0.3) is 0 Å². The summed E-state index contributed by atoms with van der Waals surface area (Å²) in [6.07, 6.45) is 2.27. The van der Waals surface area contributed by atoms with Gasteiger partial charge in [-0.05, 0) is 31.4 Å².